The van der Waals surface area contributed by atoms with E-state index in [1.165, 1.54) is 0 Å². The number of halogens is 2. The van der Waals surface area contributed by atoms with Crippen LogP contribution in [0.25, 0.3) is 22.3 Å². The average molecular weight is 520 g/mol. The topological polar surface area (TPSA) is 92.2 Å². The predicted molar refractivity (Wildman–Crippen MR) is 142 cm³/mol. The molecule has 8 heteroatoms. The van der Waals surface area contributed by atoms with E-state index in [0.29, 0.717) is 58.0 Å². The van der Waals surface area contributed by atoms with Crippen LogP contribution in [-0.4, -0.2) is 27.0 Å². The Labute approximate surface area is 219 Å². The van der Waals surface area contributed by atoms with Crippen molar-refractivity contribution in [2.45, 2.75) is 39.4 Å². The number of carbonyl (C=O) groups excluding carboxylic acids is 1. The van der Waals surface area contributed by atoms with Crippen molar-refractivity contribution in [3.63, 3.8) is 0 Å². The minimum atomic E-state index is -0.839. The Kier molecular flexibility index (Phi) is 8.46. The minimum Gasteiger partial charge on any atom is -0.481 e. The second-order valence-electron chi connectivity index (χ2n) is 9.10. The van der Waals surface area contributed by atoms with Gasteiger partial charge >= 0.3 is 5.97 Å². The summed E-state index contributed by atoms with van der Waals surface area (Å²) in [6, 6.07) is 19.5. The van der Waals surface area contributed by atoms with E-state index in [0.717, 1.165) is 11.1 Å². The van der Waals surface area contributed by atoms with Gasteiger partial charge in [-0.25, -0.2) is 14.4 Å². The number of carbonyl (C=O) groups is 2. The molecule has 4 aromatic rings. The number of fused-ring (bicyclic) bond motifs is 1. The number of benzene rings is 3. The molecule has 37 heavy (non-hydrogen) atoms. The van der Waals surface area contributed by atoms with E-state index in [-0.39, 0.29) is 18.2 Å². The molecule has 0 bridgehead atoms. The van der Waals surface area contributed by atoms with E-state index in [9.17, 15) is 14.0 Å². The van der Waals surface area contributed by atoms with E-state index in [4.69, 9.17) is 26.7 Å². The molecule has 0 aliphatic heterocycles. The van der Waals surface area contributed by atoms with Gasteiger partial charge in [0.25, 0.3) is 5.91 Å². The molecular weight excluding hydrogens is 493 g/mol. The van der Waals surface area contributed by atoms with E-state index in [1.807, 2.05) is 31.2 Å². The zero-order valence-electron chi connectivity index (χ0n) is 20.4. The molecule has 190 valence electrons. The van der Waals surface area contributed by atoms with Crippen LogP contribution in [0.5, 0.6) is 0 Å². The number of carboxylic acid groups (broad SMARTS) is 1. The maximum Gasteiger partial charge on any atom is 0.303 e. The second kappa shape index (κ2) is 11.9. The number of alkyl halides is 1. The summed E-state index contributed by atoms with van der Waals surface area (Å²) in [6.07, 6.45) is 1.20. The summed E-state index contributed by atoms with van der Waals surface area (Å²) in [4.78, 5) is 33.6. The number of hydrogen-bond donors (Lipinski definition) is 2. The number of nitrogens with zero attached hydrogens (tertiary/aromatic N) is 2. The standard InChI is InChI=1S/C29H27ClFN3O3/c1-18(14-27(35)36)2-12-25-28(21-7-3-19(16-31)4-8-21)34-24-13-9-22(15-26(24)33-25)29(37)32-17-20-5-10-23(30)11-6-20/h3-11,13,15,18H,2,12,14,16-17H2,1H3,(H,32,37)(H,35,36). The molecule has 1 atom stereocenters. The summed E-state index contributed by atoms with van der Waals surface area (Å²) in [5.74, 6) is -1.11. The summed E-state index contributed by atoms with van der Waals surface area (Å²) in [5.41, 5.74) is 5.34. The Morgan fingerprint density at radius 2 is 1.68 bits per heavy atom. The van der Waals surface area contributed by atoms with E-state index < -0.39 is 12.6 Å². The Morgan fingerprint density at radius 1 is 0.973 bits per heavy atom. The molecule has 0 saturated carbocycles. The van der Waals surface area contributed by atoms with Crippen LogP contribution in [0.1, 0.15) is 46.9 Å². The van der Waals surface area contributed by atoms with Crippen molar-refractivity contribution in [1.82, 2.24) is 15.3 Å². The van der Waals surface area contributed by atoms with Crippen LogP contribution < -0.4 is 5.32 Å². The molecule has 2 N–H and O–H groups in total. The smallest absolute Gasteiger partial charge is 0.303 e. The van der Waals surface area contributed by atoms with Crippen LogP contribution >= 0.6 is 11.6 Å². The highest BCUT2D eigenvalue weighted by molar-refractivity contribution is 6.30. The van der Waals surface area contributed by atoms with Crippen molar-refractivity contribution >= 4 is 34.5 Å². The number of amides is 1. The fourth-order valence-corrected chi connectivity index (χ4v) is 4.19. The molecule has 3 aromatic carbocycles. The van der Waals surface area contributed by atoms with Gasteiger partial charge in [0.2, 0.25) is 0 Å². The highest BCUT2D eigenvalue weighted by atomic mass is 35.5. The van der Waals surface area contributed by atoms with Crippen molar-refractivity contribution in [3.8, 4) is 11.3 Å². The molecule has 0 saturated heterocycles. The van der Waals surface area contributed by atoms with Crippen LogP contribution in [-0.2, 0) is 24.4 Å². The molecule has 0 aliphatic carbocycles. The Bertz CT molecular complexity index is 1410. The molecule has 6 nitrogen and oxygen atoms in total. The van der Waals surface area contributed by atoms with Gasteiger partial charge in [-0.1, -0.05) is 54.9 Å². The zero-order valence-corrected chi connectivity index (χ0v) is 21.1. The van der Waals surface area contributed by atoms with Crippen molar-refractivity contribution in [3.05, 3.63) is 94.1 Å². The van der Waals surface area contributed by atoms with Gasteiger partial charge in [-0.3, -0.25) is 9.59 Å². The molecule has 1 heterocycles. The van der Waals surface area contributed by atoms with Gasteiger partial charge in [-0.2, -0.15) is 0 Å². The van der Waals surface area contributed by atoms with Crippen molar-refractivity contribution in [2.24, 2.45) is 5.92 Å². The average Bonchev–Trinajstić information content (AvgIpc) is 2.90. The first-order chi connectivity index (χ1) is 17.8. The third kappa shape index (κ3) is 6.89. The number of hydrogen-bond acceptors (Lipinski definition) is 4. The number of rotatable bonds is 10. The van der Waals surface area contributed by atoms with E-state index >= 15 is 0 Å². The summed E-state index contributed by atoms with van der Waals surface area (Å²) in [5, 5.41) is 12.7. The zero-order chi connectivity index (χ0) is 26.4. The predicted octanol–water partition coefficient (Wildman–Crippen LogP) is 6.39. The molecule has 4 rings (SSSR count). The quantitative estimate of drug-likeness (QED) is 0.253. The minimum absolute atomic E-state index is 0.0401. The Morgan fingerprint density at radius 3 is 2.35 bits per heavy atom. The van der Waals surface area contributed by atoms with Crippen LogP contribution in [0.2, 0.25) is 5.02 Å². The van der Waals surface area contributed by atoms with Gasteiger partial charge in [0.15, 0.2) is 0 Å². The van der Waals surface area contributed by atoms with Gasteiger partial charge in [0.05, 0.1) is 22.4 Å². The SMILES string of the molecule is CC(CCc1nc2cc(C(=O)NCc3ccc(Cl)cc3)ccc2nc1-c1ccc(CF)cc1)CC(=O)O. The number of carboxylic acids is 1. The maximum atomic E-state index is 13.0. The van der Waals surface area contributed by atoms with E-state index in [2.05, 4.69) is 5.32 Å². The van der Waals surface area contributed by atoms with Crippen LogP contribution in [0.3, 0.4) is 0 Å². The highest BCUT2D eigenvalue weighted by Crippen LogP contribution is 2.27. The van der Waals surface area contributed by atoms with Gasteiger partial charge in [0.1, 0.15) is 6.67 Å². The van der Waals surface area contributed by atoms with Crippen LogP contribution in [0.4, 0.5) is 4.39 Å². The molecule has 0 aliphatic rings. The molecule has 1 unspecified atom stereocenters. The largest absolute Gasteiger partial charge is 0.481 e. The summed E-state index contributed by atoms with van der Waals surface area (Å²) in [6.45, 7) is 1.70. The first-order valence-electron chi connectivity index (χ1n) is 12.0. The van der Waals surface area contributed by atoms with Crippen LogP contribution in [0.15, 0.2) is 66.7 Å². The van der Waals surface area contributed by atoms with Crippen molar-refractivity contribution in [2.75, 3.05) is 0 Å². The van der Waals surface area contributed by atoms with Gasteiger partial charge in [0, 0.05) is 29.1 Å². The third-order valence-corrected chi connectivity index (χ3v) is 6.40. The fraction of sp³-hybridized carbons (Fsp3) is 0.241. The molecule has 1 aromatic heterocycles. The summed E-state index contributed by atoms with van der Waals surface area (Å²) >= 11 is 5.92. The number of nitrogens with one attached hydrogen (secondary N) is 1. The molecular formula is C29H27ClFN3O3. The second-order valence-corrected chi connectivity index (χ2v) is 9.54. The normalized spacial score (nSPS) is 11.9. The number of aliphatic carboxylic acids is 1. The molecule has 0 fully saturated rings. The third-order valence-electron chi connectivity index (χ3n) is 6.14. The lowest BCUT2D eigenvalue weighted by atomic mass is 9.98. The van der Waals surface area contributed by atoms with Crippen LogP contribution in [0, 0.1) is 5.92 Å². The molecule has 0 radical (unpaired) electrons. The first kappa shape index (κ1) is 26.2. The van der Waals surface area contributed by atoms with Gasteiger partial charge in [-0.15, -0.1) is 0 Å². The Hall–Kier alpha value is -3.84. The lowest BCUT2D eigenvalue weighted by Crippen LogP contribution is -2.22. The number of aromatic nitrogens is 2. The first-order valence-corrected chi connectivity index (χ1v) is 12.4. The molecule has 0 spiro atoms. The highest BCUT2D eigenvalue weighted by Gasteiger charge is 2.16. The van der Waals surface area contributed by atoms with Crippen molar-refractivity contribution in [1.29, 1.82) is 0 Å². The monoisotopic (exact) mass is 519 g/mol. The van der Waals surface area contributed by atoms with E-state index in [1.54, 1.807) is 42.5 Å². The number of aryl methyl sites for hydroxylation is 1. The lowest BCUT2D eigenvalue weighted by molar-refractivity contribution is -0.138. The Balaban J connectivity index is 1.62. The molecule has 1 amide bonds. The maximum absolute atomic E-state index is 13.0. The van der Waals surface area contributed by atoms with Crippen molar-refractivity contribution < 1.29 is 19.1 Å². The fourth-order valence-electron chi connectivity index (χ4n) is 4.06. The van der Waals surface area contributed by atoms with Gasteiger partial charge in [-0.05, 0) is 60.2 Å². The summed E-state index contributed by atoms with van der Waals surface area (Å²) < 4.78 is 13.0. The lowest BCUT2D eigenvalue weighted by Gasteiger charge is -2.13. The van der Waals surface area contributed by atoms with Gasteiger partial charge < -0.3 is 10.4 Å². The summed E-state index contributed by atoms with van der Waals surface area (Å²) in [7, 11) is 0.